The fourth-order valence-corrected chi connectivity index (χ4v) is 4.55. The molecule has 1 saturated carbocycles. The first-order valence-corrected chi connectivity index (χ1v) is 11.1. The molecule has 0 unspecified atom stereocenters. The Morgan fingerprint density at radius 3 is 2.71 bits per heavy atom. The number of piperazine rings is 1. The van der Waals surface area contributed by atoms with Crippen LogP contribution in [0.5, 0.6) is 5.88 Å². The van der Waals surface area contributed by atoms with Crippen LogP contribution in [0.2, 0.25) is 0 Å². The van der Waals surface area contributed by atoms with Gasteiger partial charge in [0.1, 0.15) is 12.4 Å². The molecule has 3 heterocycles. The molecule has 3 aromatic rings. The molecule has 1 aromatic carbocycles. The predicted molar refractivity (Wildman–Crippen MR) is 119 cm³/mol. The van der Waals surface area contributed by atoms with Gasteiger partial charge in [0.15, 0.2) is 0 Å². The van der Waals surface area contributed by atoms with Crippen LogP contribution < -0.4 is 15.2 Å². The van der Waals surface area contributed by atoms with E-state index in [-0.39, 0.29) is 11.7 Å². The lowest BCUT2D eigenvalue weighted by Gasteiger charge is -2.36. The second kappa shape index (κ2) is 8.63. The first-order chi connectivity index (χ1) is 15.2. The lowest BCUT2D eigenvalue weighted by atomic mass is 10.1. The maximum absolute atomic E-state index is 12.3. The third-order valence-corrected chi connectivity index (χ3v) is 6.36. The number of rotatable bonds is 5. The summed E-state index contributed by atoms with van der Waals surface area (Å²) in [6.07, 6.45) is 9.77. The molecule has 0 amide bonds. The summed E-state index contributed by atoms with van der Waals surface area (Å²) in [6, 6.07) is 6.34. The minimum atomic E-state index is 0.0294. The smallest absolute Gasteiger partial charge is 0.257 e. The summed E-state index contributed by atoms with van der Waals surface area (Å²) in [5.74, 6) is 0.699. The van der Waals surface area contributed by atoms with Crippen LogP contribution in [0.3, 0.4) is 0 Å². The fraction of sp³-hybridized carbons (Fsp3) is 0.478. The molecule has 8 heteroatoms. The highest BCUT2D eigenvalue weighted by Crippen LogP contribution is 2.30. The molecule has 8 nitrogen and oxygen atoms in total. The minimum absolute atomic E-state index is 0.0294. The van der Waals surface area contributed by atoms with E-state index in [0.29, 0.717) is 12.4 Å². The van der Waals surface area contributed by atoms with Gasteiger partial charge in [0, 0.05) is 57.2 Å². The van der Waals surface area contributed by atoms with Crippen LogP contribution in [-0.2, 0) is 13.6 Å². The zero-order chi connectivity index (χ0) is 21.2. The monoisotopic (exact) mass is 420 g/mol. The molecule has 0 N–H and O–H groups in total. The van der Waals surface area contributed by atoms with E-state index in [4.69, 9.17) is 4.74 Å². The summed E-state index contributed by atoms with van der Waals surface area (Å²) >= 11 is 0. The molecule has 162 valence electrons. The molecule has 1 aliphatic heterocycles. The lowest BCUT2D eigenvalue weighted by molar-refractivity contribution is 0.204. The Balaban J connectivity index is 1.29. The number of aromatic nitrogens is 4. The van der Waals surface area contributed by atoms with Crippen molar-refractivity contribution in [3.05, 3.63) is 53.0 Å². The zero-order valence-electron chi connectivity index (χ0n) is 17.9. The van der Waals surface area contributed by atoms with Crippen molar-refractivity contribution in [2.75, 3.05) is 31.1 Å². The Kier molecular flexibility index (Phi) is 5.55. The number of ether oxygens (including phenoxy) is 1. The van der Waals surface area contributed by atoms with Crippen molar-refractivity contribution >= 4 is 16.6 Å². The van der Waals surface area contributed by atoms with E-state index >= 15 is 0 Å². The van der Waals surface area contributed by atoms with Gasteiger partial charge in [-0.3, -0.25) is 9.69 Å². The molecule has 1 aliphatic carbocycles. The van der Waals surface area contributed by atoms with Gasteiger partial charge in [-0.2, -0.15) is 0 Å². The lowest BCUT2D eigenvalue weighted by Crippen LogP contribution is -2.46. The Morgan fingerprint density at radius 1 is 1.10 bits per heavy atom. The summed E-state index contributed by atoms with van der Waals surface area (Å²) in [5, 5.41) is 0.980. The van der Waals surface area contributed by atoms with Gasteiger partial charge in [-0.15, -0.1) is 0 Å². The van der Waals surface area contributed by atoms with Crippen LogP contribution in [0.15, 0.2) is 41.8 Å². The molecule has 2 aliphatic rings. The van der Waals surface area contributed by atoms with Crippen LogP contribution in [0.4, 0.5) is 5.69 Å². The Labute approximate surface area is 181 Å². The molecule has 1 saturated heterocycles. The number of hydrogen-bond donors (Lipinski definition) is 0. The fourth-order valence-electron chi connectivity index (χ4n) is 4.55. The second-order valence-corrected chi connectivity index (χ2v) is 8.50. The second-order valence-electron chi connectivity index (χ2n) is 8.50. The molecule has 0 atom stereocenters. The third-order valence-electron chi connectivity index (χ3n) is 6.36. The summed E-state index contributed by atoms with van der Waals surface area (Å²) in [7, 11) is 1.74. The van der Waals surface area contributed by atoms with Gasteiger partial charge in [-0.1, -0.05) is 0 Å². The maximum Gasteiger partial charge on any atom is 0.257 e. The van der Waals surface area contributed by atoms with Gasteiger partial charge in [0.05, 0.1) is 17.2 Å². The van der Waals surface area contributed by atoms with Gasteiger partial charge < -0.3 is 14.2 Å². The van der Waals surface area contributed by atoms with Gasteiger partial charge in [-0.05, 0) is 43.9 Å². The van der Waals surface area contributed by atoms with Gasteiger partial charge in [0.2, 0.25) is 5.88 Å². The highest BCUT2D eigenvalue weighted by atomic mass is 16.5. The third kappa shape index (κ3) is 4.25. The van der Waals surface area contributed by atoms with Crippen molar-refractivity contribution in [3.63, 3.8) is 0 Å². The van der Waals surface area contributed by atoms with Crippen LogP contribution >= 0.6 is 0 Å². The molecule has 2 fully saturated rings. The van der Waals surface area contributed by atoms with E-state index in [0.717, 1.165) is 61.2 Å². The SMILES string of the molecule is Cn1cncc(CN2CCN(c3ccc4ncnc(OC5CCCC5)c4c3)CC2)c1=O. The molecular formula is C23H28N6O2. The summed E-state index contributed by atoms with van der Waals surface area (Å²) in [6.45, 7) is 4.23. The Morgan fingerprint density at radius 2 is 1.90 bits per heavy atom. The van der Waals surface area contributed by atoms with E-state index in [2.05, 4.69) is 43.0 Å². The molecule has 0 spiro atoms. The Bertz CT molecular complexity index is 1120. The number of fused-ring (bicyclic) bond motifs is 1. The Hall–Kier alpha value is -3.00. The summed E-state index contributed by atoms with van der Waals surface area (Å²) in [5.41, 5.74) is 2.85. The van der Waals surface area contributed by atoms with E-state index in [1.165, 1.54) is 17.4 Å². The van der Waals surface area contributed by atoms with Gasteiger partial charge in [-0.25, -0.2) is 15.0 Å². The van der Waals surface area contributed by atoms with E-state index in [1.807, 2.05) is 0 Å². The number of anilines is 1. The van der Waals surface area contributed by atoms with E-state index in [1.54, 1.807) is 25.9 Å². The van der Waals surface area contributed by atoms with Crippen molar-refractivity contribution < 1.29 is 4.74 Å². The molecule has 0 bridgehead atoms. The molecule has 31 heavy (non-hydrogen) atoms. The molecule has 5 rings (SSSR count). The minimum Gasteiger partial charge on any atom is -0.474 e. The van der Waals surface area contributed by atoms with Crippen molar-refractivity contribution in [1.29, 1.82) is 0 Å². The molecule has 2 aromatic heterocycles. The largest absolute Gasteiger partial charge is 0.474 e. The molecule has 0 radical (unpaired) electrons. The average molecular weight is 421 g/mol. The van der Waals surface area contributed by atoms with Crippen LogP contribution in [0.25, 0.3) is 10.9 Å². The van der Waals surface area contributed by atoms with Gasteiger partial charge >= 0.3 is 0 Å². The maximum atomic E-state index is 12.3. The highest BCUT2D eigenvalue weighted by Gasteiger charge is 2.21. The van der Waals surface area contributed by atoms with Crippen molar-refractivity contribution in [1.82, 2.24) is 24.4 Å². The number of aryl methyl sites for hydroxylation is 1. The van der Waals surface area contributed by atoms with Gasteiger partial charge in [0.25, 0.3) is 5.56 Å². The zero-order valence-corrected chi connectivity index (χ0v) is 17.9. The summed E-state index contributed by atoms with van der Waals surface area (Å²) < 4.78 is 7.76. The van der Waals surface area contributed by atoms with Crippen molar-refractivity contribution in [3.8, 4) is 5.88 Å². The average Bonchev–Trinajstić information content (AvgIpc) is 3.31. The van der Waals surface area contributed by atoms with Crippen LogP contribution in [-0.4, -0.2) is 56.7 Å². The van der Waals surface area contributed by atoms with Crippen LogP contribution in [0, 0.1) is 0 Å². The number of nitrogens with zero attached hydrogens (tertiary/aromatic N) is 6. The van der Waals surface area contributed by atoms with Crippen molar-refractivity contribution in [2.45, 2.75) is 38.3 Å². The predicted octanol–water partition coefficient (Wildman–Crippen LogP) is 2.37. The first-order valence-electron chi connectivity index (χ1n) is 11.1. The van der Waals surface area contributed by atoms with E-state index in [9.17, 15) is 4.79 Å². The quantitative estimate of drug-likeness (QED) is 0.627. The van der Waals surface area contributed by atoms with Crippen LogP contribution in [0.1, 0.15) is 31.2 Å². The number of benzene rings is 1. The standard InChI is InChI=1S/C23H28N6O2/c1-27-16-24-13-17(23(27)30)14-28-8-10-29(11-9-28)18-6-7-21-20(12-18)22(26-15-25-21)31-19-4-2-3-5-19/h6-7,12-13,15-16,19H,2-5,8-11,14H2,1H3. The normalized spacial score (nSPS) is 18.0. The first kappa shape index (κ1) is 19.9. The molecular weight excluding hydrogens is 392 g/mol. The summed E-state index contributed by atoms with van der Waals surface area (Å²) in [4.78, 5) is 30.0. The van der Waals surface area contributed by atoms with E-state index < -0.39 is 0 Å². The van der Waals surface area contributed by atoms with Crippen molar-refractivity contribution in [2.24, 2.45) is 7.05 Å². The number of hydrogen-bond acceptors (Lipinski definition) is 7. The topological polar surface area (TPSA) is 76.4 Å². The highest BCUT2D eigenvalue weighted by molar-refractivity contribution is 5.86.